The zero-order chi connectivity index (χ0) is 14.4. The highest BCUT2D eigenvalue weighted by molar-refractivity contribution is 5.76. The van der Waals surface area contributed by atoms with Gasteiger partial charge in [0.25, 0.3) is 0 Å². The lowest BCUT2D eigenvalue weighted by molar-refractivity contribution is -0.147. The third-order valence-electron chi connectivity index (χ3n) is 4.12. The molecule has 2 heterocycles. The van der Waals surface area contributed by atoms with E-state index < -0.39 is 5.97 Å². The van der Waals surface area contributed by atoms with Gasteiger partial charge < -0.3 is 20.1 Å². The van der Waals surface area contributed by atoms with Gasteiger partial charge in [-0.25, -0.2) is 0 Å². The van der Waals surface area contributed by atoms with Crippen LogP contribution in [0.1, 0.15) is 32.1 Å². The number of morpholine rings is 1. The predicted octanol–water partition coefficient (Wildman–Crippen LogP) is 0.468. The van der Waals surface area contributed by atoms with Gasteiger partial charge in [0.15, 0.2) is 0 Å². The van der Waals surface area contributed by atoms with Crippen LogP contribution in [0.3, 0.4) is 0 Å². The molecular formula is C14H24N2O4. The van der Waals surface area contributed by atoms with Gasteiger partial charge in [-0.1, -0.05) is 0 Å². The maximum Gasteiger partial charge on any atom is 0.306 e. The van der Waals surface area contributed by atoms with E-state index in [9.17, 15) is 9.59 Å². The van der Waals surface area contributed by atoms with Crippen molar-refractivity contribution in [3.8, 4) is 0 Å². The second kappa shape index (κ2) is 7.59. The molecule has 2 fully saturated rings. The lowest BCUT2D eigenvalue weighted by Gasteiger charge is -2.33. The number of piperidine rings is 1. The number of carboxylic acid groups (broad SMARTS) is 1. The topological polar surface area (TPSA) is 78.9 Å². The van der Waals surface area contributed by atoms with Gasteiger partial charge in [0, 0.05) is 19.5 Å². The zero-order valence-corrected chi connectivity index (χ0v) is 11.8. The fourth-order valence-corrected chi connectivity index (χ4v) is 2.92. The molecule has 2 saturated heterocycles. The summed E-state index contributed by atoms with van der Waals surface area (Å²) in [6, 6.07) is 0. The van der Waals surface area contributed by atoms with Crippen LogP contribution < -0.4 is 5.32 Å². The summed E-state index contributed by atoms with van der Waals surface area (Å²) in [7, 11) is 0. The van der Waals surface area contributed by atoms with E-state index in [1.807, 2.05) is 0 Å². The van der Waals surface area contributed by atoms with E-state index >= 15 is 0 Å². The molecule has 2 N–H and O–H groups in total. The highest BCUT2D eigenvalue weighted by atomic mass is 16.5. The van der Waals surface area contributed by atoms with Gasteiger partial charge in [-0.3, -0.25) is 9.59 Å². The van der Waals surface area contributed by atoms with E-state index in [4.69, 9.17) is 9.84 Å². The standard InChI is InChI=1S/C14H24N2O4/c17-13(2-1-11-3-5-15-6-4-11)16-7-8-20-12(10-16)9-14(18)19/h11-12,15H,1-10H2,(H,18,19). The minimum Gasteiger partial charge on any atom is -0.481 e. The molecule has 0 saturated carbocycles. The molecule has 1 atom stereocenters. The summed E-state index contributed by atoms with van der Waals surface area (Å²) in [5, 5.41) is 12.1. The zero-order valence-electron chi connectivity index (χ0n) is 11.8. The third-order valence-corrected chi connectivity index (χ3v) is 4.12. The van der Waals surface area contributed by atoms with Crippen molar-refractivity contribution in [2.45, 2.75) is 38.2 Å². The Morgan fingerprint density at radius 2 is 2.05 bits per heavy atom. The largest absolute Gasteiger partial charge is 0.481 e. The number of hydrogen-bond acceptors (Lipinski definition) is 4. The van der Waals surface area contributed by atoms with Gasteiger partial charge in [-0.15, -0.1) is 0 Å². The van der Waals surface area contributed by atoms with Crippen LogP contribution in [0, 0.1) is 5.92 Å². The van der Waals surface area contributed by atoms with Gasteiger partial charge in [0.2, 0.25) is 5.91 Å². The molecule has 0 radical (unpaired) electrons. The summed E-state index contributed by atoms with van der Waals surface area (Å²) in [5.41, 5.74) is 0. The number of carbonyl (C=O) groups is 2. The van der Waals surface area contributed by atoms with Crippen molar-refractivity contribution in [2.24, 2.45) is 5.92 Å². The highest BCUT2D eigenvalue weighted by Gasteiger charge is 2.26. The molecule has 2 aliphatic heterocycles. The number of carboxylic acids is 1. The predicted molar refractivity (Wildman–Crippen MR) is 73.4 cm³/mol. The van der Waals surface area contributed by atoms with Crippen LogP contribution in [0.25, 0.3) is 0 Å². The van der Waals surface area contributed by atoms with Crippen molar-refractivity contribution in [3.63, 3.8) is 0 Å². The van der Waals surface area contributed by atoms with Crippen LogP contribution in [-0.2, 0) is 14.3 Å². The summed E-state index contributed by atoms with van der Waals surface area (Å²) in [6.45, 7) is 3.55. The van der Waals surface area contributed by atoms with Crippen molar-refractivity contribution in [3.05, 3.63) is 0 Å². The van der Waals surface area contributed by atoms with Crippen molar-refractivity contribution in [1.29, 1.82) is 0 Å². The Morgan fingerprint density at radius 3 is 2.75 bits per heavy atom. The molecule has 6 nitrogen and oxygen atoms in total. The number of amides is 1. The van der Waals surface area contributed by atoms with Crippen molar-refractivity contribution in [2.75, 3.05) is 32.8 Å². The smallest absolute Gasteiger partial charge is 0.306 e. The quantitative estimate of drug-likeness (QED) is 0.767. The van der Waals surface area contributed by atoms with Crippen LogP contribution in [0.5, 0.6) is 0 Å². The van der Waals surface area contributed by atoms with Crippen LogP contribution in [0.2, 0.25) is 0 Å². The average Bonchev–Trinajstić information content (AvgIpc) is 2.45. The van der Waals surface area contributed by atoms with Gasteiger partial charge in [0.1, 0.15) is 0 Å². The Morgan fingerprint density at radius 1 is 1.30 bits per heavy atom. The summed E-state index contributed by atoms with van der Waals surface area (Å²) >= 11 is 0. The lowest BCUT2D eigenvalue weighted by Crippen LogP contribution is -2.46. The maximum atomic E-state index is 12.2. The molecule has 1 amide bonds. The Kier molecular flexibility index (Phi) is 5.79. The summed E-state index contributed by atoms with van der Waals surface area (Å²) in [4.78, 5) is 24.6. The van der Waals surface area contributed by atoms with Crippen LogP contribution in [-0.4, -0.2) is 60.8 Å². The third kappa shape index (κ3) is 4.76. The summed E-state index contributed by atoms with van der Waals surface area (Å²) in [5.74, 6) is -0.0858. The molecule has 2 aliphatic rings. The lowest BCUT2D eigenvalue weighted by atomic mass is 9.93. The first-order valence-corrected chi connectivity index (χ1v) is 7.47. The number of aliphatic carboxylic acids is 1. The van der Waals surface area contributed by atoms with Crippen LogP contribution in [0.15, 0.2) is 0 Å². The van der Waals surface area contributed by atoms with E-state index in [0.717, 1.165) is 32.4 Å². The number of nitrogens with zero attached hydrogens (tertiary/aromatic N) is 1. The first-order valence-electron chi connectivity index (χ1n) is 7.47. The summed E-state index contributed by atoms with van der Waals surface area (Å²) in [6.07, 6.45) is 3.43. The van der Waals surface area contributed by atoms with Crippen molar-refractivity contribution in [1.82, 2.24) is 10.2 Å². The van der Waals surface area contributed by atoms with E-state index in [-0.39, 0.29) is 18.4 Å². The minimum atomic E-state index is -0.876. The van der Waals surface area contributed by atoms with E-state index in [2.05, 4.69) is 5.32 Å². The second-order valence-corrected chi connectivity index (χ2v) is 5.66. The van der Waals surface area contributed by atoms with Gasteiger partial charge >= 0.3 is 5.97 Å². The molecule has 20 heavy (non-hydrogen) atoms. The first kappa shape index (κ1) is 15.3. The monoisotopic (exact) mass is 284 g/mol. The molecule has 0 spiro atoms. The molecule has 114 valence electrons. The fourth-order valence-electron chi connectivity index (χ4n) is 2.92. The van der Waals surface area contributed by atoms with E-state index in [0.29, 0.717) is 32.0 Å². The van der Waals surface area contributed by atoms with Crippen molar-refractivity contribution >= 4 is 11.9 Å². The molecule has 6 heteroatoms. The number of rotatable bonds is 5. The number of nitrogens with one attached hydrogen (secondary N) is 1. The van der Waals surface area contributed by atoms with Gasteiger partial charge in [-0.05, 0) is 38.3 Å². The van der Waals surface area contributed by atoms with E-state index in [1.54, 1.807) is 4.90 Å². The molecule has 0 aromatic rings. The Hall–Kier alpha value is -1.14. The molecule has 0 aromatic heterocycles. The Bertz CT molecular complexity index is 342. The van der Waals surface area contributed by atoms with Crippen LogP contribution in [0.4, 0.5) is 0 Å². The molecule has 2 rings (SSSR count). The normalized spacial score (nSPS) is 24.6. The Labute approximate surface area is 119 Å². The maximum absolute atomic E-state index is 12.2. The minimum absolute atomic E-state index is 0.0297. The number of hydrogen-bond donors (Lipinski definition) is 2. The Balaban J connectivity index is 1.72. The molecule has 1 unspecified atom stereocenters. The molecule has 0 aromatic carbocycles. The second-order valence-electron chi connectivity index (χ2n) is 5.66. The van der Waals surface area contributed by atoms with Crippen LogP contribution >= 0.6 is 0 Å². The highest BCUT2D eigenvalue weighted by Crippen LogP contribution is 2.19. The fraction of sp³-hybridized carbons (Fsp3) is 0.857. The summed E-state index contributed by atoms with van der Waals surface area (Å²) < 4.78 is 5.38. The SMILES string of the molecule is O=C(O)CC1CN(C(=O)CCC2CCNCC2)CCO1. The van der Waals surface area contributed by atoms with Crippen molar-refractivity contribution < 1.29 is 19.4 Å². The van der Waals surface area contributed by atoms with E-state index in [1.165, 1.54) is 0 Å². The first-order chi connectivity index (χ1) is 9.65. The molecular weight excluding hydrogens is 260 g/mol. The number of carbonyl (C=O) groups excluding carboxylic acids is 1. The molecule has 0 bridgehead atoms. The number of ether oxygens (including phenoxy) is 1. The van der Waals surface area contributed by atoms with Gasteiger partial charge in [0.05, 0.1) is 19.1 Å². The average molecular weight is 284 g/mol. The molecule has 0 aliphatic carbocycles. The van der Waals surface area contributed by atoms with Gasteiger partial charge in [-0.2, -0.15) is 0 Å².